The highest BCUT2D eigenvalue weighted by molar-refractivity contribution is 7.91. The first-order valence-electron chi connectivity index (χ1n) is 3.52. The third-order valence-corrected chi connectivity index (χ3v) is 3.75. The number of nitrogens with two attached hydrogens (primary N) is 1. The maximum Gasteiger partial charge on any atom is 0.282 e. The summed E-state index contributed by atoms with van der Waals surface area (Å²) in [6, 6.07) is 0. The fourth-order valence-electron chi connectivity index (χ4n) is 0.681. The maximum absolute atomic E-state index is 11.3. The molecule has 0 atom stereocenters. The Kier molecular flexibility index (Phi) is 2.88. The molecule has 1 aromatic heterocycles. The molecule has 2 N–H and O–H groups in total. The van der Waals surface area contributed by atoms with E-state index in [2.05, 4.69) is 4.98 Å². The van der Waals surface area contributed by atoms with Crippen LogP contribution in [0.2, 0.25) is 0 Å². The number of aromatic nitrogens is 1. The highest BCUT2D eigenvalue weighted by Gasteiger charge is 2.17. The molecule has 6 nitrogen and oxygen atoms in total. The molecule has 1 amide bonds. The largest absolute Gasteiger partial charge is 0.343 e. The Morgan fingerprint density at radius 1 is 1.57 bits per heavy atom. The zero-order chi connectivity index (χ0) is 10.9. The van der Waals surface area contributed by atoms with Crippen LogP contribution in [0.1, 0.15) is 9.80 Å². The number of hydrogen-bond acceptors (Lipinski definition) is 5. The highest BCUT2D eigenvalue weighted by Crippen LogP contribution is 2.17. The van der Waals surface area contributed by atoms with Crippen LogP contribution in [0.3, 0.4) is 0 Å². The van der Waals surface area contributed by atoms with E-state index in [1.165, 1.54) is 4.90 Å². The van der Waals surface area contributed by atoms with E-state index >= 15 is 0 Å². The van der Waals surface area contributed by atoms with Crippen LogP contribution in [0.25, 0.3) is 0 Å². The van der Waals surface area contributed by atoms with E-state index < -0.39 is 10.0 Å². The lowest BCUT2D eigenvalue weighted by Crippen LogP contribution is -2.21. The summed E-state index contributed by atoms with van der Waals surface area (Å²) in [6.07, 6.45) is 1.08. The van der Waals surface area contributed by atoms with Crippen molar-refractivity contribution in [3.8, 4) is 0 Å². The van der Waals surface area contributed by atoms with Gasteiger partial charge in [0.15, 0.2) is 9.22 Å². The molecule has 0 radical (unpaired) electrons. The van der Waals surface area contributed by atoms with Crippen LogP contribution in [0.4, 0.5) is 0 Å². The molecule has 0 unspecified atom stereocenters. The minimum atomic E-state index is -3.76. The van der Waals surface area contributed by atoms with Gasteiger partial charge in [0.1, 0.15) is 0 Å². The average Bonchev–Trinajstić information content (AvgIpc) is 2.49. The van der Waals surface area contributed by atoms with Crippen LogP contribution in [-0.2, 0) is 10.0 Å². The summed E-state index contributed by atoms with van der Waals surface area (Å²) in [7, 11) is -0.644. The van der Waals surface area contributed by atoms with Crippen molar-refractivity contribution >= 4 is 27.3 Å². The van der Waals surface area contributed by atoms with Crippen molar-refractivity contribution in [1.82, 2.24) is 9.88 Å². The van der Waals surface area contributed by atoms with Gasteiger partial charge in [-0.2, -0.15) is 0 Å². The fraction of sp³-hybridized carbons (Fsp3) is 0.333. The average molecular weight is 235 g/mol. The van der Waals surface area contributed by atoms with Gasteiger partial charge in [-0.3, -0.25) is 4.79 Å². The summed E-state index contributed by atoms with van der Waals surface area (Å²) in [6.45, 7) is 0. The summed E-state index contributed by atoms with van der Waals surface area (Å²) in [5, 5.41) is 4.97. The summed E-state index contributed by atoms with van der Waals surface area (Å²) in [4.78, 5) is 16.3. The Balaban J connectivity index is 3.07. The third-order valence-electron chi connectivity index (χ3n) is 1.35. The molecule has 1 rings (SSSR count). The number of amides is 1. The minimum Gasteiger partial charge on any atom is -0.343 e. The predicted octanol–water partition coefficient (Wildman–Crippen LogP) is -0.508. The first-order chi connectivity index (χ1) is 6.32. The number of nitrogens with zero attached hydrogens (tertiary/aromatic N) is 2. The van der Waals surface area contributed by atoms with Crippen LogP contribution in [0.5, 0.6) is 0 Å². The SMILES string of the molecule is CN(C)C(=O)c1ncc(S(N)(=O)=O)s1. The molecule has 0 spiro atoms. The number of hydrogen-bond donors (Lipinski definition) is 1. The molecule has 8 heteroatoms. The lowest BCUT2D eigenvalue weighted by molar-refractivity contribution is 0.0827. The number of carbonyl (C=O) groups excluding carboxylic acids is 1. The molecule has 0 bridgehead atoms. The molecule has 0 fully saturated rings. The van der Waals surface area contributed by atoms with Crippen molar-refractivity contribution in [1.29, 1.82) is 0 Å². The van der Waals surface area contributed by atoms with E-state index in [0.29, 0.717) is 0 Å². The van der Waals surface area contributed by atoms with Crippen LogP contribution in [0, 0.1) is 0 Å². The monoisotopic (exact) mass is 235 g/mol. The van der Waals surface area contributed by atoms with Crippen LogP contribution >= 0.6 is 11.3 Å². The number of primary sulfonamides is 1. The van der Waals surface area contributed by atoms with Gasteiger partial charge in [0.25, 0.3) is 5.91 Å². The predicted molar refractivity (Wildman–Crippen MR) is 51.5 cm³/mol. The summed E-state index contributed by atoms with van der Waals surface area (Å²) in [5.74, 6) is -0.343. The lowest BCUT2D eigenvalue weighted by atomic mass is 10.6. The van der Waals surface area contributed by atoms with E-state index in [1.807, 2.05) is 0 Å². The van der Waals surface area contributed by atoms with Gasteiger partial charge in [-0.15, -0.1) is 0 Å². The normalized spacial score (nSPS) is 11.4. The molecule has 0 saturated carbocycles. The Morgan fingerprint density at radius 2 is 2.14 bits per heavy atom. The summed E-state index contributed by atoms with van der Waals surface area (Å²) >= 11 is 0.761. The van der Waals surface area contributed by atoms with Gasteiger partial charge in [0, 0.05) is 14.1 Å². The zero-order valence-corrected chi connectivity index (χ0v) is 9.22. The topological polar surface area (TPSA) is 93.4 Å². The van der Waals surface area contributed by atoms with Crippen LogP contribution < -0.4 is 5.14 Å². The molecule has 14 heavy (non-hydrogen) atoms. The molecule has 0 aromatic carbocycles. The maximum atomic E-state index is 11.3. The Hall–Kier alpha value is -0.990. The second kappa shape index (κ2) is 3.64. The molecular formula is C6H9N3O3S2. The van der Waals surface area contributed by atoms with Gasteiger partial charge in [-0.1, -0.05) is 11.3 Å². The molecule has 0 aliphatic rings. The van der Waals surface area contributed by atoms with E-state index in [9.17, 15) is 13.2 Å². The van der Waals surface area contributed by atoms with Gasteiger partial charge in [-0.05, 0) is 0 Å². The van der Waals surface area contributed by atoms with Crippen LogP contribution in [-0.4, -0.2) is 38.3 Å². The number of rotatable bonds is 2. The van der Waals surface area contributed by atoms with Gasteiger partial charge in [0.2, 0.25) is 10.0 Å². The number of sulfonamides is 1. The van der Waals surface area contributed by atoms with Gasteiger partial charge >= 0.3 is 0 Å². The third kappa shape index (κ3) is 2.28. The first-order valence-corrected chi connectivity index (χ1v) is 5.89. The number of thiazole rings is 1. The zero-order valence-electron chi connectivity index (χ0n) is 7.59. The van der Waals surface area contributed by atoms with E-state index in [4.69, 9.17) is 5.14 Å². The second-order valence-corrected chi connectivity index (χ2v) is 5.55. The molecule has 0 aliphatic carbocycles. The molecule has 1 aromatic rings. The molecule has 0 aliphatic heterocycles. The molecular weight excluding hydrogens is 226 g/mol. The van der Waals surface area contributed by atoms with Gasteiger partial charge in [-0.25, -0.2) is 18.5 Å². The summed E-state index contributed by atoms with van der Waals surface area (Å²) < 4.78 is 21.6. The Morgan fingerprint density at radius 3 is 2.50 bits per heavy atom. The standard InChI is InChI=1S/C6H9N3O3S2/c1-9(2)6(10)5-8-3-4(13-5)14(7,11)12/h3H,1-2H3,(H2,7,11,12). The second-order valence-electron chi connectivity index (χ2n) is 2.73. The van der Waals surface area contributed by atoms with Crippen molar-refractivity contribution in [3.63, 3.8) is 0 Å². The van der Waals surface area contributed by atoms with Crippen LogP contribution in [0.15, 0.2) is 10.4 Å². The van der Waals surface area contributed by atoms with Crippen molar-refractivity contribution < 1.29 is 13.2 Å². The smallest absolute Gasteiger partial charge is 0.282 e. The van der Waals surface area contributed by atoms with Crippen molar-refractivity contribution in [2.24, 2.45) is 5.14 Å². The van der Waals surface area contributed by atoms with Gasteiger partial charge < -0.3 is 4.90 Å². The van der Waals surface area contributed by atoms with Crippen molar-refractivity contribution in [2.45, 2.75) is 4.21 Å². The van der Waals surface area contributed by atoms with Crippen molar-refractivity contribution in [3.05, 3.63) is 11.2 Å². The van der Waals surface area contributed by atoms with E-state index in [1.54, 1.807) is 14.1 Å². The molecule has 0 saturated heterocycles. The fourth-order valence-corrected chi connectivity index (χ4v) is 2.25. The number of carbonyl (C=O) groups is 1. The van der Waals surface area contributed by atoms with Gasteiger partial charge in [0.05, 0.1) is 6.20 Å². The minimum absolute atomic E-state index is 0.109. The highest BCUT2D eigenvalue weighted by atomic mass is 32.2. The Labute approximate surface area is 85.4 Å². The van der Waals surface area contributed by atoms with Crippen molar-refractivity contribution in [2.75, 3.05) is 14.1 Å². The molecule has 78 valence electrons. The molecule has 1 heterocycles. The summed E-state index contributed by atoms with van der Waals surface area (Å²) in [5.41, 5.74) is 0. The van der Waals surface area contributed by atoms with E-state index in [0.717, 1.165) is 17.5 Å². The quantitative estimate of drug-likeness (QED) is 0.747. The lowest BCUT2D eigenvalue weighted by Gasteiger charge is -2.05. The van der Waals surface area contributed by atoms with E-state index in [-0.39, 0.29) is 15.1 Å². The Bertz CT molecular complexity index is 449. The first kappa shape index (κ1) is 11.1.